The molecule has 1 unspecified atom stereocenters. The maximum atomic E-state index is 4.46. The van der Waals surface area contributed by atoms with E-state index in [9.17, 15) is 0 Å². The Kier molecular flexibility index (Phi) is 9.25. The number of thioether (sulfide) groups is 1. The van der Waals surface area contributed by atoms with Crippen LogP contribution in [-0.4, -0.2) is 48.3 Å². The van der Waals surface area contributed by atoms with Gasteiger partial charge in [0, 0.05) is 49.7 Å². The van der Waals surface area contributed by atoms with Crippen LogP contribution in [0.15, 0.2) is 64.7 Å². The molecule has 4 nitrogen and oxygen atoms in total. The van der Waals surface area contributed by atoms with Crippen LogP contribution in [0.1, 0.15) is 12.0 Å². The lowest BCUT2D eigenvalue weighted by Gasteiger charge is -2.21. The van der Waals surface area contributed by atoms with E-state index in [1.807, 2.05) is 37.3 Å². The molecule has 0 bridgehead atoms. The number of nitrogens with zero attached hydrogens (tertiary/aromatic N) is 3. The van der Waals surface area contributed by atoms with E-state index in [0.29, 0.717) is 0 Å². The van der Waals surface area contributed by atoms with Crippen LogP contribution in [0.4, 0.5) is 0 Å². The molecule has 1 aromatic carbocycles. The van der Waals surface area contributed by atoms with Gasteiger partial charge in [-0.15, -0.1) is 35.7 Å². The fourth-order valence-corrected chi connectivity index (χ4v) is 4.14. The third-order valence-corrected chi connectivity index (χ3v) is 5.69. The van der Waals surface area contributed by atoms with Crippen molar-refractivity contribution in [2.75, 3.05) is 32.4 Å². The second kappa shape index (κ2) is 11.4. The van der Waals surface area contributed by atoms with Crippen LogP contribution in [0, 0.1) is 5.92 Å². The minimum atomic E-state index is 0. The number of hydrogen-bond acceptors (Lipinski definition) is 3. The smallest absolute Gasteiger partial charge is 0.193 e. The predicted octanol–water partition coefficient (Wildman–Crippen LogP) is 3.93. The first-order valence-electron chi connectivity index (χ1n) is 8.87. The van der Waals surface area contributed by atoms with Crippen molar-refractivity contribution in [2.45, 2.75) is 17.7 Å². The number of halogens is 1. The molecule has 6 heteroatoms. The summed E-state index contributed by atoms with van der Waals surface area (Å²) in [6.07, 6.45) is 5.95. The van der Waals surface area contributed by atoms with Crippen molar-refractivity contribution in [2.24, 2.45) is 10.9 Å². The van der Waals surface area contributed by atoms with Gasteiger partial charge in [0.05, 0.1) is 0 Å². The van der Waals surface area contributed by atoms with Crippen LogP contribution in [0.5, 0.6) is 0 Å². The van der Waals surface area contributed by atoms with E-state index >= 15 is 0 Å². The first-order valence-corrected chi connectivity index (χ1v) is 9.86. The number of pyridine rings is 1. The summed E-state index contributed by atoms with van der Waals surface area (Å²) < 4.78 is 0. The van der Waals surface area contributed by atoms with Gasteiger partial charge >= 0.3 is 0 Å². The van der Waals surface area contributed by atoms with Gasteiger partial charge in [0.2, 0.25) is 0 Å². The highest BCUT2D eigenvalue weighted by molar-refractivity contribution is 14.0. The molecule has 1 aliphatic rings. The fourth-order valence-electron chi connectivity index (χ4n) is 3.09. The molecule has 1 saturated heterocycles. The van der Waals surface area contributed by atoms with Crippen LogP contribution < -0.4 is 5.32 Å². The molecule has 26 heavy (non-hydrogen) atoms. The number of nitrogens with one attached hydrogen (secondary N) is 1. The summed E-state index contributed by atoms with van der Waals surface area (Å²) in [7, 11) is 1.87. The normalized spacial score (nSPS) is 17.0. The summed E-state index contributed by atoms with van der Waals surface area (Å²) in [5.41, 5.74) is 1.25. The molecule has 1 aromatic heterocycles. The lowest BCUT2D eigenvalue weighted by atomic mass is 10.2. The SMILES string of the molecule is CN=C(NCCc1cccnc1)N1CCC(CSc2ccccc2)C1.I. The van der Waals surface area contributed by atoms with Gasteiger partial charge in [-0.2, -0.15) is 0 Å². The van der Waals surface area contributed by atoms with Crippen molar-refractivity contribution in [1.82, 2.24) is 15.2 Å². The van der Waals surface area contributed by atoms with E-state index in [2.05, 4.69) is 56.6 Å². The Hall–Kier alpha value is -1.28. The molecule has 1 N–H and O–H groups in total. The van der Waals surface area contributed by atoms with Crippen LogP contribution >= 0.6 is 35.7 Å². The predicted molar refractivity (Wildman–Crippen MR) is 122 cm³/mol. The Bertz CT molecular complexity index is 666. The molecule has 1 aliphatic heterocycles. The zero-order chi connectivity index (χ0) is 17.3. The van der Waals surface area contributed by atoms with Gasteiger partial charge in [0.1, 0.15) is 0 Å². The molecule has 2 heterocycles. The zero-order valence-corrected chi connectivity index (χ0v) is 18.3. The molecule has 0 radical (unpaired) electrons. The fraction of sp³-hybridized carbons (Fsp3) is 0.400. The average molecular weight is 482 g/mol. The van der Waals surface area contributed by atoms with Gasteiger partial charge in [0.15, 0.2) is 5.96 Å². The van der Waals surface area contributed by atoms with E-state index in [4.69, 9.17) is 0 Å². The molecule has 0 spiro atoms. The molecule has 0 amide bonds. The Morgan fingerprint density at radius 2 is 2.12 bits per heavy atom. The van der Waals surface area contributed by atoms with E-state index in [1.165, 1.54) is 22.6 Å². The summed E-state index contributed by atoms with van der Waals surface area (Å²) in [6.45, 7) is 3.07. The second-order valence-electron chi connectivity index (χ2n) is 6.31. The number of aromatic nitrogens is 1. The van der Waals surface area contributed by atoms with E-state index in [-0.39, 0.29) is 24.0 Å². The molecule has 1 fully saturated rings. The number of guanidine groups is 1. The maximum absolute atomic E-state index is 4.46. The second-order valence-corrected chi connectivity index (χ2v) is 7.40. The monoisotopic (exact) mass is 482 g/mol. The third kappa shape index (κ3) is 6.46. The van der Waals surface area contributed by atoms with E-state index in [0.717, 1.165) is 37.9 Å². The van der Waals surface area contributed by atoms with Crippen LogP contribution in [0.25, 0.3) is 0 Å². The first-order chi connectivity index (χ1) is 12.3. The molecule has 0 aliphatic carbocycles. The van der Waals surface area contributed by atoms with Crippen molar-refractivity contribution in [3.8, 4) is 0 Å². The number of aliphatic imine (C=N–C) groups is 1. The van der Waals surface area contributed by atoms with Gasteiger partial charge in [-0.1, -0.05) is 24.3 Å². The van der Waals surface area contributed by atoms with Gasteiger partial charge in [-0.25, -0.2) is 0 Å². The Morgan fingerprint density at radius 1 is 1.27 bits per heavy atom. The molecule has 3 rings (SSSR count). The van der Waals surface area contributed by atoms with Gasteiger partial charge in [-0.05, 0) is 42.5 Å². The largest absolute Gasteiger partial charge is 0.356 e. The van der Waals surface area contributed by atoms with E-state index < -0.39 is 0 Å². The van der Waals surface area contributed by atoms with Crippen LogP contribution in [0.2, 0.25) is 0 Å². The summed E-state index contributed by atoms with van der Waals surface area (Å²) >= 11 is 1.96. The Balaban J connectivity index is 0.00000243. The van der Waals surface area contributed by atoms with Crippen molar-refractivity contribution in [3.63, 3.8) is 0 Å². The summed E-state index contributed by atoms with van der Waals surface area (Å²) in [5, 5.41) is 3.50. The number of hydrogen-bond donors (Lipinski definition) is 1. The Morgan fingerprint density at radius 3 is 2.85 bits per heavy atom. The Labute approximate surface area is 177 Å². The quantitative estimate of drug-likeness (QED) is 0.293. The van der Waals surface area contributed by atoms with E-state index in [1.54, 1.807) is 0 Å². The highest BCUT2D eigenvalue weighted by atomic mass is 127. The molecular formula is C20H27IN4S. The molecule has 0 saturated carbocycles. The van der Waals surface area contributed by atoms with Crippen molar-refractivity contribution < 1.29 is 0 Å². The summed E-state index contributed by atoms with van der Waals surface area (Å²) in [4.78, 5) is 12.4. The lowest BCUT2D eigenvalue weighted by molar-refractivity contribution is 0.475. The van der Waals surface area contributed by atoms with Crippen LogP contribution in [0.3, 0.4) is 0 Å². The van der Waals surface area contributed by atoms with Crippen molar-refractivity contribution in [3.05, 3.63) is 60.4 Å². The standard InChI is InChI=1S/C20H26N4S.HI/c1-21-20(23-12-9-17-6-5-11-22-14-17)24-13-10-18(15-24)16-25-19-7-3-2-4-8-19;/h2-8,11,14,18H,9-10,12-13,15-16H2,1H3,(H,21,23);1H. The number of benzene rings is 1. The summed E-state index contributed by atoms with van der Waals surface area (Å²) in [5.74, 6) is 2.92. The van der Waals surface area contributed by atoms with Gasteiger partial charge < -0.3 is 10.2 Å². The highest BCUT2D eigenvalue weighted by Gasteiger charge is 2.24. The highest BCUT2D eigenvalue weighted by Crippen LogP contribution is 2.25. The van der Waals surface area contributed by atoms with Crippen molar-refractivity contribution in [1.29, 1.82) is 0 Å². The number of rotatable bonds is 6. The third-order valence-electron chi connectivity index (χ3n) is 4.45. The van der Waals surface area contributed by atoms with Gasteiger partial charge in [0.25, 0.3) is 0 Å². The molecule has 1 atom stereocenters. The minimum Gasteiger partial charge on any atom is -0.356 e. The number of likely N-dealkylation sites (tertiary alicyclic amines) is 1. The maximum Gasteiger partial charge on any atom is 0.193 e. The molecular weight excluding hydrogens is 455 g/mol. The average Bonchev–Trinajstić information content (AvgIpc) is 3.14. The first kappa shape index (κ1) is 21.0. The molecule has 140 valence electrons. The molecule has 2 aromatic rings. The topological polar surface area (TPSA) is 40.5 Å². The van der Waals surface area contributed by atoms with Crippen LogP contribution in [-0.2, 0) is 6.42 Å². The van der Waals surface area contributed by atoms with Gasteiger partial charge in [-0.3, -0.25) is 9.98 Å². The minimum absolute atomic E-state index is 0. The van der Waals surface area contributed by atoms with Crippen molar-refractivity contribution >= 4 is 41.7 Å². The lowest BCUT2D eigenvalue weighted by Crippen LogP contribution is -2.41. The zero-order valence-electron chi connectivity index (χ0n) is 15.2. The summed E-state index contributed by atoms with van der Waals surface area (Å²) in [6, 6.07) is 14.8.